The van der Waals surface area contributed by atoms with E-state index in [1.165, 1.54) is 0 Å². The van der Waals surface area contributed by atoms with Crippen molar-refractivity contribution >= 4 is 0 Å². The Labute approximate surface area is 74.0 Å². The molecule has 0 radical (unpaired) electrons. The van der Waals surface area contributed by atoms with Crippen LogP contribution in [0.25, 0.3) is 0 Å². The molecule has 0 spiro atoms. The maximum Gasteiger partial charge on any atom is 0.109 e. The van der Waals surface area contributed by atoms with E-state index in [0.717, 1.165) is 6.42 Å². The molecule has 1 aliphatic heterocycles. The zero-order valence-corrected chi connectivity index (χ0v) is 8.24. The number of ether oxygens (including phenoxy) is 3. The molecule has 1 saturated heterocycles. The summed E-state index contributed by atoms with van der Waals surface area (Å²) in [5.41, 5.74) is 0. The molecule has 0 aromatic rings. The summed E-state index contributed by atoms with van der Waals surface area (Å²) in [5.74, 6) is 0. The molecule has 3 nitrogen and oxygen atoms in total. The summed E-state index contributed by atoms with van der Waals surface area (Å²) in [6, 6.07) is 0. The molecule has 12 heavy (non-hydrogen) atoms. The van der Waals surface area contributed by atoms with E-state index in [0.29, 0.717) is 0 Å². The summed E-state index contributed by atoms with van der Waals surface area (Å²) in [7, 11) is 3.42. The summed E-state index contributed by atoms with van der Waals surface area (Å²) in [6.07, 6.45) is 1.57. The Bertz CT molecular complexity index is 138. The van der Waals surface area contributed by atoms with E-state index >= 15 is 0 Å². The molecular formula is C9H18O3. The second-order valence-electron chi connectivity index (χ2n) is 3.36. The third kappa shape index (κ3) is 1.97. The number of hydrogen-bond donors (Lipinski definition) is 0. The maximum atomic E-state index is 5.62. The molecule has 1 heterocycles. The first-order valence-electron chi connectivity index (χ1n) is 4.40. The number of methoxy groups -OCH3 is 2. The van der Waals surface area contributed by atoms with Gasteiger partial charge in [0.15, 0.2) is 0 Å². The van der Waals surface area contributed by atoms with Gasteiger partial charge >= 0.3 is 0 Å². The molecule has 0 aromatic heterocycles. The van der Waals surface area contributed by atoms with Crippen LogP contribution in [0.5, 0.6) is 0 Å². The van der Waals surface area contributed by atoms with Crippen LogP contribution in [0.4, 0.5) is 0 Å². The molecule has 1 rings (SSSR count). The van der Waals surface area contributed by atoms with Crippen molar-refractivity contribution in [1.29, 1.82) is 0 Å². The van der Waals surface area contributed by atoms with E-state index < -0.39 is 0 Å². The van der Waals surface area contributed by atoms with E-state index in [-0.39, 0.29) is 24.4 Å². The summed E-state index contributed by atoms with van der Waals surface area (Å²) in [5, 5.41) is 0. The van der Waals surface area contributed by atoms with Gasteiger partial charge in [0, 0.05) is 20.6 Å². The lowest BCUT2D eigenvalue weighted by atomic mass is 9.99. The average Bonchev–Trinajstić information content (AvgIpc) is 2.03. The summed E-state index contributed by atoms with van der Waals surface area (Å²) >= 11 is 0. The van der Waals surface area contributed by atoms with E-state index in [1.54, 1.807) is 14.2 Å². The molecule has 0 saturated carbocycles. The Kier molecular flexibility index (Phi) is 3.50. The first-order chi connectivity index (χ1) is 5.69. The molecule has 0 N–H and O–H groups in total. The van der Waals surface area contributed by atoms with Crippen molar-refractivity contribution in [2.75, 3.05) is 14.2 Å². The largest absolute Gasteiger partial charge is 0.379 e. The highest BCUT2D eigenvalue weighted by molar-refractivity contribution is 4.83. The Morgan fingerprint density at radius 2 is 1.83 bits per heavy atom. The van der Waals surface area contributed by atoms with Crippen LogP contribution in [-0.2, 0) is 14.2 Å². The van der Waals surface area contributed by atoms with Crippen LogP contribution >= 0.6 is 0 Å². The molecule has 1 unspecified atom stereocenters. The van der Waals surface area contributed by atoms with E-state index in [2.05, 4.69) is 6.92 Å². The molecule has 0 amide bonds. The van der Waals surface area contributed by atoms with Crippen molar-refractivity contribution in [2.24, 2.45) is 0 Å². The lowest BCUT2D eigenvalue weighted by Crippen LogP contribution is -2.47. The van der Waals surface area contributed by atoms with Gasteiger partial charge in [-0.2, -0.15) is 0 Å². The number of hydrogen-bond acceptors (Lipinski definition) is 3. The third-order valence-electron chi connectivity index (χ3n) is 2.42. The van der Waals surface area contributed by atoms with Crippen LogP contribution in [0.1, 0.15) is 20.3 Å². The second-order valence-corrected chi connectivity index (χ2v) is 3.36. The minimum atomic E-state index is 0.0752. The van der Waals surface area contributed by atoms with Crippen LogP contribution < -0.4 is 0 Å². The molecule has 1 fully saturated rings. The average molecular weight is 174 g/mol. The fraction of sp³-hybridized carbons (Fsp3) is 1.00. The van der Waals surface area contributed by atoms with Gasteiger partial charge < -0.3 is 14.2 Å². The van der Waals surface area contributed by atoms with Crippen LogP contribution in [0, 0.1) is 0 Å². The van der Waals surface area contributed by atoms with Crippen molar-refractivity contribution < 1.29 is 14.2 Å². The SMILES string of the molecule is COC1[C@@H](C)O[C@@H](C)C[C@H]1OC. The highest BCUT2D eigenvalue weighted by Crippen LogP contribution is 2.23. The van der Waals surface area contributed by atoms with Gasteiger partial charge in [-0.15, -0.1) is 0 Å². The molecule has 3 heteroatoms. The molecule has 1 aliphatic rings. The third-order valence-corrected chi connectivity index (χ3v) is 2.42. The Morgan fingerprint density at radius 1 is 1.17 bits per heavy atom. The van der Waals surface area contributed by atoms with Crippen molar-refractivity contribution in [3.63, 3.8) is 0 Å². The van der Waals surface area contributed by atoms with Crippen molar-refractivity contribution in [2.45, 2.75) is 44.7 Å². The van der Waals surface area contributed by atoms with Gasteiger partial charge in [0.2, 0.25) is 0 Å². The molecule has 0 bridgehead atoms. The van der Waals surface area contributed by atoms with E-state index in [4.69, 9.17) is 14.2 Å². The lowest BCUT2D eigenvalue weighted by molar-refractivity contribution is -0.176. The number of rotatable bonds is 2. The monoisotopic (exact) mass is 174 g/mol. The van der Waals surface area contributed by atoms with E-state index in [1.807, 2.05) is 6.92 Å². The molecule has 0 aromatic carbocycles. The van der Waals surface area contributed by atoms with Crippen LogP contribution in [0.2, 0.25) is 0 Å². The predicted octanol–water partition coefficient (Wildman–Crippen LogP) is 1.21. The molecular weight excluding hydrogens is 156 g/mol. The predicted molar refractivity (Wildman–Crippen MR) is 46.2 cm³/mol. The Hall–Kier alpha value is -0.120. The summed E-state index contributed by atoms with van der Waals surface area (Å²) in [6.45, 7) is 4.09. The van der Waals surface area contributed by atoms with Gasteiger partial charge in [0.25, 0.3) is 0 Å². The van der Waals surface area contributed by atoms with Gasteiger partial charge in [0.1, 0.15) is 6.10 Å². The minimum Gasteiger partial charge on any atom is -0.379 e. The minimum absolute atomic E-state index is 0.0752. The van der Waals surface area contributed by atoms with E-state index in [9.17, 15) is 0 Å². The molecule has 4 atom stereocenters. The molecule has 0 aliphatic carbocycles. The Balaban J connectivity index is 2.56. The fourth-order valence-corrected chi connectivity index (χ4v) is 1.84. The van der Waals surface area contributed by atoms with Crippen LogP contribution in [0.3, 0.4) is 0 Å². The van der Waals surface area contributed by atoms with Gasteiger partial charge in [-0.3, -0.25) is 0 Å². The first-order valence-corrected chi connectivity index (χ1v) is 4.40. The normalized spacial score (nSPS) is 43.0. The maximum absolute atomic E-state index is 5.62. The lowest BCUT2D eigenvalue weighted by Gasteiger charge is -2.37. The Morgan fingerprint density at radius 3 is 2.33 bits per heavy atom. The smallest absolute Gasteiger partial charge is 0.109 e. The van der Waals surface area contributed by atoms with Crippen molar-refractivity contribution in [3.8, 4) is 0 Å². The van der Waals surface area contributed by atoms with Crippen molar-refractivity contribution in [1.82, 2.24) is 0 Å². The highest BCUT2D eigenvalue weighted by Gasteiger charge is 2.34. The highest BCUT2D eigenvalue weighted by atomic mass is 16.6. The quantitative estimate of drug-likeness (QED) is 0.630. The van der Waals surface area contributed by atoms with Crippen molar-refractivity contribution in [3.05, 3.63) is 0 Å². The van der Waals surface area contributed by atoms with Gasteiger partial charge in [-0.05, 0) is 13.8 Å². The van der Waals surface area contributed by atoms with Gasteiger partial charge in [0.05, 0.1) is 18.3 Å². The van der Waals surface area contributed by atoms with Crippen LogP contribution in [-0.4, -0.2) is 38.6 Å². The van der Waals surface area contributed by atoms with Gasteiger partial charge in [-0.25, -0.2) is 0 Å². The first kappa shape index (κ1) is 9.96. The topological polar surface area (TPSA) is 27.7 Å². The zero-order valence-electron chi connectivity index (χ0n) is 8.24. The fourth-order valence-electron chi connectivity index (χ4n) is 1.84. The second kappa shape index (κ2) is 4.21. The van der Waals surface area contributed by atoms with Gasteiger partial charge in [-0.1, -0.05) is 0 Å². The standard InChI is InChI=1S/C9H18O3/c1-6-5-8(10-3)9(11-4)7(2)12-6/h6-9H,5H2,1-4H3/t6-,7+,8+,9?/m0/s1. The molecule has 72 valence electrons. The zero-order chi connectivity index (χ0) is 9.14. The summed E-state index contributed by atoms with van der Waals surface area (Å²) < 4.78 is 16.3. The van der Waals surface area contributed by atoms with Crippen LogP contribution in [0.15, 0.2) is 0 Å². The summed E-state index contributed by atoms with van der Waals surface area (Å²) in [4.78, 5) is 0.